The van der Waals surface area contributed by atoms with Crippen LogP contribution in [0.5, 0.6) is 0 Å². The van der Waals surface area contributed by atoms with E-state index in [1.54, 1.807) is 0 Å². The number of rotatable bonds is 10. The summed E-state index contributed by atoms with van der Waals surface area (Å²) in [7, 11) is -3.22. The molecule has 21 heavy (non-hydrogen) atoms. The van der Waals surface area contributed by atoms with E-state index in [0.29, 0.717) is 11.4 Å². The fraction of sp³-hybridized carbons (Fsp3) is 0.571. The van der Waals surface area contributed by atoms with Gasteiger partial charge in [-0.1, -0.05) is 19.1 Å². The summed E-state index contributed by atoms with van der Waals surface area (Å²) in [4.78, 5) is 0.931. The van der Waals surface area contributed by atoms with Gasteiger partial charge in [-0.05, 0) is 37.0 Å². The second-order valence-electron chi connectivity index (χ2n) is 4.71. The number of thioether (sulfide) groups is 2. The second kappa shape index (κ2) is 9.61. The molecule has 4 nitrogen and oxygen atoms in total. The first kappa shape index (κ1) is 18.7. The van der Waals surface area contributed by atoms with Gasteiger partial charge in [0.1, 0.15) is 0 Å². The maximum atomic E-state index is 12.0. The number of nitrogens with two attached hydrogens (primary N) is 1. The van der Waals surface area contributed by atoms with Crippen LogP contribution in [-0.2, 0) is 10.0 Å². The fourth-order valence-corrected chi connectivity index (χ4v) is 5.20. The molecule has 0 aliphatic carbocycles. The lowest BCUT2D eigenvalue weighted by molar-refractivity contribution is 0.558. The minimum absolute atomic E-state index is 0.0131. The quantitative estimate of drug-likeness (QED) is 0.386. The van der Waals surface area contributed by atoms with Crippen LogP contribution >= 0.6 is 23.5 Å². The van der Waals surface area contributed by atoms with Crippen molar-refractivity contribution in [3.63, 3.8) is 0 Å². The number of nitrogens with one attached hydrogen (secondary N) is 1. The van der Waals surface area contributed by atoms with Gasteiger partial charge in [0.25, 0.3) is 0 Å². The second-order valence-corrected chi connectivity index (χ2v) is 9.11. The van der Waals surface area contributed by atoms with E-state index >= 15 is 0 Å². The minimum atomic E-state index is -3.22. The highest BCUT2D eigenvalue weighted by Gasteiger charge is 2.14. The summed E-state index contributed by atoms with van der Waals surface area (Å²) in [5.41, 5.74) is 6.52. The van der Waals surface area contributed by atoms with Crippen molar-refractivity contribution < 1.29 is 8.42 Å². The summed E-state index contributed by atoms with van der Waals surface area (Å²) >= 11 is 3.30. The van der Waals surface area contributed by atoms with Gasteiger partial charge < -0.3 is 5.73 Å². The first-order chi connectivity index (χ1) is 9.94. The highest BCUT2D eigenvalue weighted by atomic mass is 32.2. The third kappa shape index (κ3) is 7.99. The standard InChI is InChI=1S/C14H24N2O2S3/c1-3-19-9-8-12(2)16-21(17,18)11-10-20-14-7-5-4-6-13(14)15/h4-7,12,16H,3,8-11,15H2,1-2H3. The molecule has 0 aliphatic heterocycles. The summed E-state index contributed by atoms with van der Waals surface area (Å²) in [5, 5.41) is 0. The van der Waals surface area contributed by atoms with Crippen molar-refractivity contribution in [2.24, 2.45) is 0 Å². The van der Waals surface area contributed by atoms with E-state index in [-0.39, 0.29) is 11.8 Å². The molecule has 0 saturated carbocycles. The maximum absolute atomic E-state index is 12.0. The Morgan fingerprint density at radius 1 is 1.29 bits per heavy atom. The van der Waals surface area contributed by atoms with Gasteiger partial charge in [-0.25, -0.2) is 13.1 Å². The molecule has 0 bridgehead atoms. The third-order valence-electron chi connectivity index (χ3n) is 2.81. The Balaban J connectivity index is 2.34. The smallest absolute Gasteiger partial charge is 0.212 e. The molecule has 0 amide bonds. The third-order valence-corrected chi connectivity index (χ3v) is 6.59. The van der Waals surface area contributed by atoms with Gasteiger partial charge in [-0.15, -0.1) is 11.8 Å². The van der Waals surface area contributed by atoms with Crippen molar-refractivity contribution in [3.05, 3.63) is 24.3 Å². The van der Waals surface area contributed by atoms with Gasteiger partial charge in [0.15, 0.2) is 0 Å². The predicted octanol–water partition coefficient (Wildman–Crippen LogP) is 2.81. The van der Waals surface area contributed by atoms with Crippen molar-refractivity contribution >= 4 is 39.2 Å². The van der Waals surface area contributed by atoms with Crippen LogP contribution in [0.3, 0.4) is 0 Å². The molecule has 1 aromatic rings. The SMILES string of the molecule is CCSCCC(C)NS(=O)(=O)CCSc1ccccc1N. The van der Waals surface area contributed by atoms with E-state index in [2.05, 4.69) is 11.6 Å². The Labute approximate surface area is 136 Å². The molecular weight excluding hydrogens is 324 g/mol. The Morgan fingerprint density at radius 3 is 2.67 bits per heavy atom. The van der Waals surface area contributed by atoms with Crippen molar-refractivity contribution in [2.75, 3.05) is 28.7 Å². The van der Waals surface area contributed by atoms with E-state index in [1.165, 1.54) is 11.8 Å². The monoisotopic (exact) mass is 348 g/mol. The van der Waals surface area contributed by atoms with Crippen LogP contribution in [0.2, 0.25) is 0 Å². The molecule has 0 saturated heterocycles. The Hall–Kier alpha value is -0.370. The first-order valence-electron chi connectivity index (χ1n) is 6.99. The Bertz CT molecular complexity index is 521. The summed E-state index contributed by atoms with van der Waals surface area (Å²) in [5.74, 6) is 2.65. The maximum Gasteiger partial charge on any atom is 0.212 e. The van der Waals surface area contributed by atoms with Gasteiger partial charge in [-0.3, -0.25) is 0 Å². The van der Waals surface area contributed by atoms with Crippen molar-refractivity contribution in [1.29, 1.82) is 0 Å². The van der Waals surface area contributed by atoms with Gasteiger partial charge >= 0.3 is 0 Å². The average Bonchev–Trinajstić information content (AvgIpc) is 2.40. The van der Waals surface area contributed by atoms with Gasteiger partial charge in [0, 0.05) is 22.4 Å². The molecule has 1 rings (SSSR count). The molecule has 0 radical (unpaired) electrons. The first-order valence-corrected chi connectivity index (χ1v) is 10.8. The summed E-state index contributed by atoms with van der Waals surface area (Å²) in [6.45, 7) is 4.02. The van der Waals surface area contributed by atoms with E-state index in [4.69, 9.17) is 5.73 Å². The van der Waals surface area contributed by atoms with E-state index < -0.39 is 10.0 Å². The lowest BCUT2D eigenvalue weighted by atomic mass is 10.3. The molecule has 3 N–H and O–H groups in total. The number of sulfonamides is 1. The van der Waals surface area contributed by atoms with Crippen molar-refractivity contribution in [1.82, 2.24) is 4.72 Å². The summed E-state index contributed by atoms with van der Waals surface area (Å²) in [6.07, 6.45) is 0.858. The number of hydrogen-bond acceptors (Lipinski definition) is 5. The van der Waals surface area contributed by atoms with Crippen molar-refractivity contribution in [2.45, 2.75) is 31.2 Å². The van der Waals surface area contributed by atoms with Crippen LogP contribution in [0.15, 0.2) is 29.2 Å². The fourth-order valence-electron chi connectivity index (χ4n) is 1.70. The molecule has 1 aromatic carbocycles. The van der Waals surface area contributed by atoms with Crippen LogP contribution in [0.4, 0.5) is 5.69 Å². The zero-order valence-electron chi connectivity index (χ0n) is 12.5. The summed E-state index contributed by atoms with van der Waals surface area (Å²) in [6, 6.07) is 7.49. The van der Waals surface area contributed by atoms with Gasteiger partial charge in [0.05, 0.1) is 5.75 Å². The largest absolute Gasteiger partial charge is 0.398 e. The molecule has 0 spiro atoms. The number of benzene rings is 1. The van der Waals surface area contributed by atoms with E-state index in [9.17, 15) is 8.42 Å². The molecule has 0 aliphatic rings. The Kier molecular flexibility index (Phi) is 8.55. The topological polar surface area (TPSA) is 72.2 Å². The highest BCUT2D eigenvalue weighted by molar-refractivity contribution is 8.00. The molecule has 0 fully saturated rings. The van der Waals surface area contributed by atoms with E-state index in [0.717, 1.165) is 22.8 Å². The minimum Gasteiger partial charge on any atom is -0.398 e. The highest BCUT2D eigenvalue weighted by Crippen LogP contribution is 2.24. The van der Waals surface area contributed by atoms with Crippen molar-refractivity contribution in [3.8, 4) is 0 Å². The normalized spacial score (nSPS) is 13.2. The zero-order chi connectivity index (χ0) is 15.7. The number of para-hydroxylation sites is 1. The van der Waals surface area contributed by atoms with Crippen LogP contribution in [0.1, 0.15) is 20.3 Å². The van der Waals surface area contributed by atoms with Crippen LogP contribution in [-0.4, -0.2) is 37.5 Å². The zero-order valence-corrected chi connectivity index (χ0v) is 15.0. The molecular formula is C14H24N2O2S3. The van der Waals surface area contributed by atoms with E-state index in [1.807, 2.05) is 43.0 Å². The lowest BCUT2D eigenvalue weighted by Gasteiger charge is -2.14. The molecule has 7 heteroatoms. The van der Waals surface area contributed by atoms with Crippen LogP contribution in [0.25, 0.3) is 0 Å². The van der Waals surface area contributed by atoms with Crippen LogP contribution in [0, 0.1) is 0 Å². The molecule has 0 aromatic heterocycles. The average molecular weight is 349 g/mol. The number of nitrogen functional groups attached to an aromatic ring is 1. The molecule has 1 atom stereocenters. The number of hydrogen-bond donors (Lipinski definition) is 2. The Morgan fingerprint density at radius 2 is 2.00 bits per heavy atom. The number of anilines is 1. The van der Waals surface area contributed by atoms with Gasteiger partial charge in [0.2, 0.25) is 10.0 Å². The predicted molar refractivity (Wildman–Crippen MR) is 95.6 cm³/mol. The molecule has 120 valence electrons. The van der Waals surface area contributed by atoms with Crippen LogP contribution < -0.4 is 10.5 Å². The lowest BCUT2D eigenvalue weighted by Crippen LogP contribution is -2.35. The van der Waals surface area contributed by atoms with Gasteiger partial charge in [-0.2, -0.15) is 11.8 Å². The molecule has 0 heterocycles. The summed E-state index contributed by atoms with van der Waals surface area (Å²) < 4.78 is 26.7. The molecule has 1 unspecified atom stereocenters.